The number of aryl methyl sites for hydroxylation is 2. The third kappa shape index (κ3) is 3.99. The zero-order valence-electron chi connectivity index (χ0n) is 13.5. The standard InChI is InChI=1S/C16H28ClN3O/c1-4-13-6-8-16(21,9-7-13)11-18-10-14-15(17)12(3)19-20(14)5-2/h13,18,21H,4-11H2,1-3H3. The molecule has 5 heteroatoms. The van der Waals surface area contributed by atoms with Crippen LogP contribution < -0.4 is 5.32 Å². The van der Waals surface area contributed by atoms with Crippen LogP contribution in [0.15, 0.2) is 0 Å². The third-order valence-electron chi connectivity index (χ3n) is 4.81. The number of halogens is 1. The minimum atomic E-state index is -0.551. The first kappa shape index (κ1) is 16.8. The fraction of sp³-hybridized carbons (Fsp3) is 0.812. The summed E-state index contributed by atoms with van der Waals surface area (Å²) in [6.07, 6.45) is 5.31. The normalized spacial score (nSPS) is 26.2. The predicted molar refractivity (Wildman–Crippen MR) is 86.6 cm³/mol. The Balaban J connectivity index is 1.87. The van der Waals surface area contributed by atoms with Crippen molar-refractivity contribution < 1.29 is 5.11 Å². The van der Waals surface area contributed by atoms with E-state index < -0.39 is 5.60 Å². The van der Waals surface area contributed by atoms with E-state index in [0.29, 0.717) is 13.1 Å². The number of aliphatic hydroxyl groups is 1. The molecule has 0 aliphatic heterocycles. The van der Waals surface area contributed by atoms with Crippen molar-refractivity contribution in [2.45, 2.75) is 71.6 Å². The minimum absolute atomic E-state index is 0.551. The fourth-order valence-corrected chi connectivity index (χ4v) is 3.45. The molecule has 0 spiro atoms. The van der Waals surface area contributed by atoms with Gasteiger partial charge in [0.1, 0.15) is 0 Å². The van der Waals surface area contributed by atoms with Crippen molar-refractivity contribution in [3.63, 3.8) is 0 Å². The van der Waals surface area contributed by atoms with Crippen LogP contribution in [0.4, 0.5) is 0 Å². The zero-order valence-corrected chi connectivity index (χ0v) is 14.2. The first-order chi connectivity index (χ1) is 9.99. The van der Waals surface area contributed by atoms with Crippen LogP contribution in [-0.4, -0.2) is 27.0 Å². The monoisotopic (exact) mass is 313 g/mol. The van der Waals surface area contributed by atoms with Crippen molar-refractivity contribution in [3.8, 4) is 0 Å². The summed E-state index contributed by atoms with van der Waals surface area (Å²) in [5, 5.41) is 19.2. The Kier molecular flexibility index (Phi) is 5.69. The van der Waals surface area contributed by atoms with Gasteiger partial charge in [-0.25, -0.2) is 0 Å². The summed E-state index contributed by atoms with van der Waals surface area (Å²) < 4.78 is 1.93. The number of rotatable bonds is 6. The van der Waals surface area contributed by atoms with Crippen LogP contribution in [0.3, 0.4) is 0 Å². The SMILES string of the molecule is CCC1CCC(O)(CNCc2c(Cl)c(C)nn2CC)CC1. The van der Waals surface area contributed by atoms with Crippen LogP contribution >= 0.6 is 11.6 Å². The molecule has 0 bridgehead atoms. The molecule has 1 aromatic heterocycles. The molecule has 1 heterocycles. The number of hydrogen-bond acceptors (Lipinski definition) is 3. The Morgan fingerprint density at radius 2 is 2.05 bits per heavy atom. The molecule has 1 saturated carbocycles. The Hall–Kier alpha value is -0.580. The highest BCUT2D eigenvalue weighted by Crippen LogP contribution is 2.33. The van der Waals surface area contributed by atoms with E-state index in [4.69, 9.17) is 11.6 Å². The van der Waals surface area contributed by atoms with E-state index in [2.05, 4.69) is 24.3 Å². The number of hydrogen-bond donors (Lipinski definition) is 2. The molecular weight excluding hydrogens is 286 g/mol. The van der Waals surface area contributed by atoms with Gasteiger partial charge in [-0.3, -0.25) is 4.68 Å². The van der Waals surface area contributed by atoms with Crippen molar-refractivity contribution in [2.24, 2.45) is 5.92 Å². The molecule has 1 aliphatic rings. The average Bonchev–Trinajstić information content (AvgIpc) is 2.75. The summed E-state index contributed by atoms with van der Waals surface area (Å²) in [7, 11) is 0. The summed E-state index contributed by atoms with van der Waals surface area (Å²) in [6, 6.07) is 0. The van der Waals surface area contributed by atoms with Gasteiger partial charge in [0.05, 0.1) is 22.0 Å². The molecule has 4 nitrogen and oxygen atoms in total. The molecule has 21 heavy (non-hydrogen) atoms. The lowest BCUT2D eigenvalue weighted by atomic mass is 9.78. The highest BCUT2D eigenvalue weighted by molar-refractivity contribution is 6.31. The molecular formula is C16H28ClN3O. The van der Waals surface area contributed by atoms with Crippen molar-refractivity contribution in [1.82, 2.24) is 15.1 Å². The maximum Gasteiger partial charge on any atom is 0.0860 e. The molecule has 2 N–H and O–H groups in total. The lowest BCUT2D eigenvalue weighted by Gasteiger charge is -2.36. The van der Waals surface area contributed by atoms with Gasteiger partial charge in [0.2, 0.25) is 0 Å². The van der Waals surface area contributed by atoms with E-state index >= 15 is 0 Å². The zero-order chi connectivity index (χ0) is 15.5. The maximum absolute atomic E-state index is 10.6. The quantitative estimate of drug-likeness (QED) is 0.847. The molecule has 0 radical (unpaired) electrons. The van der Waals surface area contributed by atoms with Gasteiger partial charge in [-0.1, -0.05) is 24.9 Å². The molecule has 1 aliphatic carbocycles. The van der Waals surface area contributed by atoms with Gasteiger partial charge in [0.25, 0.3) is 0 Å². The lowest BCUT2D eigenvalue weighted by Crippen LogP contribution is -2.43. The second kappa shape index (κ2) is 7.12. The van der Waals surface area contributed by atoms with E-state index in [0.717, 1.165) is 54.6 Å². The van der Waals surface area contributed by atoms with Crippen LogP contribution in [0.5, 0.6) is 0 Å². The predicted octanol–water partition coefficient (Wildman–Crippen LogP) is 3.29. The van der Waals surface area contributed by atoms with E-state index in [9.17, 15) is 5.11 Å². The first-order valence-electron chi connectivity index (χ1n) is 8.14. The number of aromatic nitrogens is 2. The van der Waals surface area contributed by atoms with Crippen molar-refractivity contribution in [3.05, 3.63) is 16.4 Å². The third-order valence-corrected chi connectivity index (χ3v) is 5.30. The Bertz CT molecular complexity index is 464. The van der Waals surface area contributed by atoms with Gasteiger partial charge in [0, 0.05) is 19.6 Å². The maximum atomic E-state index is 10.6. The number of nitrogens with one attached hydrogen (secondary N) is 1. The molecule has 2 rings (SSSR count). The highest BCUT2D eigenvalue weighted by atomic mass is 35.5. The lowest BCUT2D eigenvalue weighted by molar-refractivity contribution is -0.00891. The molecule has 0 aromatic carbocycles. The van der Waals surface area contributed by atoms with Gasteiger partial charge >= 0.3 is 0 Å². The van der Waals surface area contributed by atoms with Crippen molar-refractivity contribution in [2.75, 3.05) is 6.54 Å². The summed E-state index contributed by atoms with van der Waals surface area (Å²) in [5.74, 6) is 0.795. The van der Waals surface area contributed by atoms with E-state index in [-0.39, 0.29) is 0 Å². The van der Waals surface area contributed by atoms with Gasteiger partial charge in [-0.2, -0.15) is 5.10 Å². The van der Waals surface area contributed by atoms with Crippen LogP contribution in [0.2, 0.25) is 5.02 Å². The van der Waals surface area contributed by atoms with Gasteiger partial charge in [0.15, 0.2) is 0 Å². The molecule has 0 amide bonds. The molecule has 0 saturated heterocycles. The Labute approximate surface area is 132 Å². The molecule has 0 atom stereocenters. The number of nitrogens with zero attached hydrogens (tertiary/aromatic N) is 2. The average molecular weight is 314 g/mol. The smallest absolute Gasteiger partial charge is 0.0860 e. The minimum Gasteiger partial charge on any atom is -0.389 e. The van der Waals surface area contributed by atoms with Crippen LogP contribution in [0.25, 0.3) is 0 Å². The van der Waals surface area contributed by atoms with Crippen molar-refractivity contribution in [1.29, 1.82) is 0 Å². The fourth-order valence-electron chi connectivity index (χ4n) is 3.25. The van der Waals surface area contributed by atoms with Crippen LogP contribution in [-0.2, 0) is 13.1 Å². The van der Waals surface area contributed by atoms with Crippen LogP contribution in [0, 0.1) is 12.8 Å². The van der Waals surface area contributed by atoms with Gasteiger partial charge in [-0.15, -0.1) is 0 Å². The van der Waals surface area contributed by atoms with Crippen molar-refractivity contribution >= 4 is 11.6 Å². The summed E-state index contributed by atoms with van der Waals surface area (Å²) in [4.78, 5) is 0. The topological polar surface area (TPSA) is 50.1 Å². The van der Waals surface area contributed by atoms with E-state index in [1.807, 2.05) is 11.6 Å². The Morgan fingerprint density at radius 1 is 1.38 bits per heavy atom. The molecule has 1 fully saturated rings. The summed E-state index contributed by atoms with van der Waals surface area (Å²) in [5.41, 5.74) is 1.34. The largest absolute Gasteiger partial charge is 0.389 e. The molecule has 1 aromatic rings. The molecule has 0 unspecified atom stereocenters. The van der Waals surface area contributed by atoms with E-state index in [1.165, 1.54) is 6.42 Å². The van der Waals surface area contributed by atoms with E-state index in [1.54, 1.807) is 0 Å². The van der Waals surface area contributed by atoms with Crippen LogP contribution in [0.1, 0.15) is 57.3 Å². The molecule has 120 valence electrons. The second-order valence-electron chi connectivity index (χ2n) is 6.34. The summed E-state index contributed by atoms with van der Waals surface area (Å²) in [6.45, 7) is 8.33. The summed E-state index contributed by atoms with van der Waals surface area (Å²) >= 11 is 6.30. The second-order valence-corrected chi connectivity index (χ2v) is 6.72. The van der Waals surface area contributed by atoms with Gasteiger partial charge in [-0.05, 0) is 45.4 Å². The first-order valence-corrected chi connectivity index (χ1v) is 8.51. The van der Waals surface area contributed by atoms with Gasteiger partial charge < -0.3 is 10.4 Å². The highest BCUT2D eigenvalue weighted by Gasteiger charge is 2.32. The Morgan fingerprint density at radius 3 is 2.62 bits per heavy atom.